The molecule has 0 saturated heterocycles. The van der Waals surface area contributed by atoms with Crippen LogP contribution in [0.25, 0.3) is 17.0 Å². The average Bonchev–Trinajstić information content (AvgIpc) is 3.16. The number of nitrogens with one attached hydrogen (secondary N) is 2. The van der Waals surface area contributed by atoms with Crippen molar-refractivity contribution in [2.75, 3.05) is 10.6 Å². The van der Waals surface area contributed by atoms with Crippen LogP contribution in [0, 0.1) is 18.3 Å². The van der Waals surface area contributed by atoms with Crippen LogP contribution in [0.1, 0.15) is 11.1 Å². The first kappa shape index (κ1) is 21.6. The first-order valence-electron chi connectivity index (χ1n) is 10.5. The van der Waals surface area contributed by atoms with Gasteiger partial charge in [-0.3, -0.25) is 9.59 Å². The predicted octanol–water partition coefficient (Wildman–Crippen LogP) is 5.13. The molecule has 0 fully saturated rings. The fourth-order valence-corrected chi connectivity index (χ4v) is 3.60. The molecule has 0 aliphatic heterocycles. The molecule has 0 aliphatic carbocycles. The highest BCUT2D eigenvalue weighted by molar-refractivity contribution is 6.11. The van der Waals surface area contributed by atoms with Crippen LogP contribution < -0.4 is 10.6 Å². The van der Waals surface area contributed by atoms with E-state index in [1.54, 1.807) is 18.3 Å². The van der Waals surface area contributed by atoms with Crippen molar-refractivity contribution in [2.45, 2.75) is 13.5 Å². The number of anilines is 2. The van der Waals surface area contributed by atoms with Gasteiger partial charge in [0.05, 0.1) is 0 Å². The Labute approximate surface area is 191 Å². The topological polar surface area (TPSA) is 86.9 Å². The van der Waals surface area contributed by atoms with Crippen molar-refractivity contribution < 1.29 is 9.59 Å². The summed E-state index contributed by atoms with van der Waals surface area (Å²) < 4.78 is 1.81. The van der Waals surface area contributed by atoms with Crippen LogP contribution in [0.15, 0.2) is 90.6 Å². The summed E-state index contributed by atoms with van der Waals surface area (Å²) in [6.07, 6.45) is 3.34. The maximum atomic E-state index is 12.8. The van der Waals surface area contributed by atoms with E-state index in [1.807, 2.05) is 90.4 Å². The van der Waals surface area contributed by atoms with Crippen LogP contribution in [0.3, 0.4) is 0 Å². The number of carbonyl (C=O) groups excluding carboxylic acids is 2. The average molecular weight is 434 g/mol. The number of benzene rings is 3. The quantitative estimate of drug-likeness (QED) is 0.326. The summed E-state index contributed by atoms with van der Waals surface area (Å²) in [7, 11) is 0. The first-order chi connectivity index (χ1) is 16.0. The molecule has 4 rings (SSSR count). The molecule has 0 spiro atoms. The van der Waals surface area contributed by atoms with Crippen molar-refractivity contribution in [3.63, 3.8) is 0 Å². The molecule has 2 N–H and O–H groups in total. The van der Waals surface area contributed by atoms with Crippen LogP contribution in [0.2, 0.25) is 0 Å². The van der Waals surface area contributed by atoms with Gasteiger partial charge in [0.25, 0.3) is 5.91 Å². The van der Waals surface area contributed by atoms with E-state index in [0.717, 1.165) is 22.2 Å². The van der Waals surface area contributed by atoms with Gasteiger partial charge in [-0.25, -0.2) is 0 Å². The number of amides is 2. The third-order valence-electron chi connectivity index (χ3n) is 5.25. The van der Waals surface area contributed by atoms with Crippen molar-refractivity contribution in [3.8, 4) is 6.07 Å². The second kappa shape index (κ2) is 9.67. The highest BCUT2D eigenvalue weighted by atomic mass is 16.2. The van der Waals surface area contributed by atoms with Crippen LogP contribution in [0.5, 0.6) is 0 Å². The molecule has 33 heavy (non-hydrogen) atoms. The van der Waals surface area contributed by atoms with Crippen molar-refractivity contribution in [3.05, 3.63) is 102 Å². The fraction of sp³-hybridized carbons (Fsp3) is 0.0741. The van der Waals surface area contributed by atoms with Gasteiger partial charge in [-0.2, -0.15) is 5.26 Å². The highest BCUT2D eigenvalue weighted by Gasteiger charge is 2.14. The van der Waals surface area contributed by atoms with Crippen LogP contribution in [0.4, 0.5) is 11.4 Å². The van der Waals surface area contributed by atoms with Gasteiger partial charge in [-0.15, -0.1) is 0 Å². The molecule has 2 amide bonds. The van der Waals surface area contributed by atoms with Crippen LogP contribution in [-0.4, -0.2) is 16.4 Å². The number of nitrogens with zero attached hydrogens (tertiary/aromatic N) is 2. The number of fused-ring (bicyclic) bond motifs is 1. The summed E-state index contributed by atoms with van der Waals surface area (Å²) >= 11 is 0. The second-order valence-corrected chi connectivity index (χ2v) is 7.58. The summed E-state index contributed by atoms with van der Waals surface area (Å²) in [4.78, 5) is 25.3. The summed E-state index contributed by atoms with van der Waals surface area (Å²) in [6.45, 7) is 1.99. The van der Waals surface area contributed by atoms with Gasteiger partial charge >= 0.3 is 0 Å². The Hall–Kier alpha value is -4.63. The predicted molar refractivity (Wildman–Crippen MR) is 130 cm³/mol. The number of aryl methyl sites for hydroxylation is 1. The van der Waals surface area contributed by atoms with Gasteiger partial charge in [-0.05, 0) is 42.8 Å². The van der Waals surface area contributed by atoms with E-state index in [0.29, 0.717) is 11.3 Å². The summed E-state index contributed by atoms with van der Waals surface area (Å²) in [5.74, 6) is -0.652. The Morgan fingerprint density at radius 1 is 0.939 bits per heavy atom. The van der Waals surface area contributed by atoms with Crippen molar-refractivity contribution >= 4 is 40.2 Å². The fourth-order valence-electron chi connectivity index (χ4n) is 3.60. The standard InChI is InChI=1S/C27H22N4O2/c1-19-9-5-7-13-24(19)30-27(33)20(16-28)15-21-17-31(25-14-8-6-12-23(21)25)18-26(32)29-22-10-3-2-4-11-22/h2-15,17H,18H2,1H3,(H,29,32)(H,30,33)/b20-15+. The highest BCUT2D eigenvalue weighted by Crippen LogP contribution is 2.24. The lowest BCUT2D eigenvalue weighted by Crippen LogP contribution is -2.18. The van der Waals surface area contributed by atoms with E-state index in [2.05, 4.69) is 10.6 Å². The molecule has 0 bridgehead atoms. The number of nitriles is 1. The summed E-state index contributed by atoms with van der Waals surface area (Å²) in [5, 5.41) is 16.2. The molecule has 0 atom stereocenters. The lowest BCUT2D eigenvalue weighted by atomic mass is 10.1. The van der Waals surface area contributed by atoms with E-state index in [9.17, 15) is 14.9 Å². The molecular formula is C27H22N4O2. The molecule has 0 saturated carbocycles. The van der Waals surface area contributed by atoms with Crippen LogP contribution >= 0.6 is 0 Å². The molecule has 3 aromatic carbocycles. The molecule has 0 radical (unpaired) electrons. The van der Waals surface area contributed by atoms with Gasteiger partial charge in [-0.1, -0.05) is 54.6 Å². The van der Waals surface area contributed by atoms with E-state index in [-0.39, 0.29) is 18.0 Å². The Morgan fingerprint density at radius 3 is 2.39 bits per heavy atom. The SMILES string of the molecule is Cc1ccccc1NC(=O)/C(C#N)=C/c1cn(CC(=O)Nc2ccccc2)c2ccccc12. The molecule has 1 heterocycles. The lowest BCUT2D eigenvalue weighted by molar-refractivity contribution is -0.116. The van der Waals surface area contributed by atoms with Gasteiger partial charge in [0.1, 0.15) is 18.2 Å². The Morgan fingerprint density at radius 2 is 1.64 bits per heavy atom. The van der Waals surface area contributed by atoms with E-state index in [1.165, 1.54) is 0 Å². The third-order valence-corrected chi connectivity index (χ3v) is 5.25. The smallest absolute Gasteiger partial charge is 0.266 e. The Kier molecular flexibility index (Phi) is 6.33. The monoisotopic (exact) mass is 434 g/mol. The molecule has 0 unspecified atom stereocenters. The van der Waals surface area contributed by atoms with Gasteiger partial charge in [0.15, 0.2) is 0 Å². The lowest BCUT2D eigenvalue weighted by Gasteiger charge is -2.07. The van der Waals surface area contributed by atoms with E-state index < -0.39 is 5.91 Å². The Bertz CT molecular complexity index is 1390. The second-order valence-electron chi connectivity index (χ2n) is 7.58. The Balaban J connectivity index is 1.61. The minimum Gasteiger partial charge on any atom is -0.337 e. The minimum absolute atomic E-state index is 0.0186. The third kappa shape index (κ3) is 5.00. The van der Waals surface area contributed by atoms with Gasteiger partial charge in [0.2, 0.25) is 5.91 Å². The molecule has 4 aromatic rings. The zero-order valence-corrected chi connectivity index (χ0v) is 18.1. The zero-order chi connectivity index (χ0) is 23.2. The van der Waals surface area contributed by atoms with Crippen LogP contribution in [-0.2, 0) is 16.1 Å². The minimum atomic E-state index is -0.481. The molecule has 1 aromatic heterocycles. The number of carbonyl (C=O) groups is 2. The molecule has 0 aliphatic rings. The number of hydrogen-bond acceptors (Lipinski definition) is 3. The van der Waals surface area contributed by atoms with E-state index in [4.69, 9.17) is 0 Å². The number of aromatic nitrogens is 1. The van der Waals surface area contributed by atoms with E-state index >= 15 is 0 Å². The normalized spacial score (nSPS) is 11.1. The van der Waals surface area contributed by atoms with Gasteiger partial charge < -0.3 is 15.2 Å². The van der Waals surface area contributed by atoms with Crippen molar-refractivity contribution in [1.82, 2.24) is 4.57 Å². The summed E-state index contributed by atoms with van der Waals surface area (Å²) in [5.41, 5.74) is 3.79. The number of rotatable bonds is 6. The molecule has 162 valence electrons. The largest absolute Gasteiger partial charge is 0.337 e. The zero-order valence-electron chi connectivity index (χ0n) is 18.1. The van der Waals surface area contributed by atoms with Crippen molar-refractivity contribution in [1.29, 1.82) is 5.26 Å². The van der Waals surface area contributed by atoms with Gasteiger partial charge in [0, 0.05) is 34.0 Å². The summed E-state index contributed by atoms with van der Waals surface area (Å²) in [6, 6.07) is 26.2. The number of hydrogen-bond donors (Lipinski definition) is 2. The molecule has 6 nitrogen and oxygen atoms in total. The first-order valence-corrected chi connectivity index (χ1v) is 10.5. The molecule has 6 heteroatoms. The number of para-hydroxylation sites is 3. The van der Waals surface area contributed by atoms with Crippen molar-refractivity contribution in [2.24, 2.45) is 0 Å². The maximum absolute atomic E-state index is 12.8. The molecular weight excluding hydrogens is 412 g/mol. The maximum Gasteiger partial charge on any atom is 0.266 e.